The highest BCUT2D eigenvalue weighted by Crippen LogP contribution is 2.43. The summed E-state index contributed by atoms with van der Waals surface area (Å²) >= 11 is 3.75. The summed E-state index contributed by atoms with van der Waals surface area (Å²) in [6.45, 7) is 0. The summed E-state index contributed by atoms with van der Waals surface area (Å²) < 4.78 is 0. The molecule has 0 aromatic rings. The van der Waals surface area contributed by atoms with Crippen molar-refractivity contribution in [3.05, 3.63) is 0 Å². The fraction of sp³-hybridized carbons (Fsp3) is 1.00. The van der Waals surface area contributed by atoms with Crippen molar-refractivity contribution in [3.8, 4) is 0 Å². The zero-order valence-electron chi connectivity index (χ0n) is 7.38. The topological polar surface area (TPSA) is 20.2 Å². The van der Waals surface area contributed by atoms with E-state index >= 15 is 0 Å². The van der Waals surface area contributed by atoms with Gasteiger partial charge in [0.1, 0.15) is 0 Å². The fourth-order valence-corrected chi connectivity index (χ4v) is 3.79. The molecule has 0 aromatic heterocycles. The fourth-order valence-electron chi connectivity index (χ4n) is 2.87. The Labute approximate surface area is 82.7 Å². The van der Waals surface area contributed by atoms with E-state index in [1.54, 1.807) is 0 Å². The minimum atomic E-state index is 0.00380. The molecule has 2 rings (SSSR count). The van der Waals surface area contributed by atoms with Crippen LogP contribution in [0.1, 0.15) is 38.5 Å². The smallest absolute Gasteiger partial charge is 0.0571 e. The second-order valence-electron chi connectivity index (χ2n) is 4.27. The summed E-state index contributed by atoms with van der Waals surface area (Å²) in [5, 5.41) is 9.80. The number of halogens is 1. The van der Waals surface area contributed by atoms with Gasteiger partial charge in [-0.2, -0.15) is 0 Å². The lowest BCUT2D eigenvalue weighted by atomic mass is 9.69. The van der Waals surface area contributed by atoms with E-state index in [4.69, 9.17) is 0 Å². The molecule has 2 saturated carbocycles. The number of alkyl halides is 1. The summed E-state index contributed by atoms with van der Waals surface area (Å²) in [5.41, 5.74) is 0. The Balaban J connectivity index is 2.05. The summed E-state index contributed by atoms with van der Waals surface area (Å²) in [6.07, 6.45) is 7.47. The SMILES string of the molecule is O[C@@H]1CC[C@H](Br)C2CCCCC21. The minimum Gasteiger partial charge on any atom is -0.393 e. The lowest BCUT2D eigenvalue weighted by Gasteiger charge is -2.42. The molecule has 2 aliphatic carbocycles. The van der Waals surface area contributed by atoms with E-state index in [0.29, 0.717) is 10.7 Å². The summed E-state index contributed by atoms with van der Waals surface area (Å²) in [7, 11) is 0. The van der Waals surface area contributed by atoms with Crippen molar-refractivity contribution in [2.45, 2.75) is 49.5 Å². The molecule has 12 heavy (non-hydrogen) atoms. The molecule has 4 atom stereocenters. The number of aliphatic hydroxyl groups excluding tert-OH is 1. The first-order valence-corrected chi connectivity index (χ1v) is 6.03. The van der Waals surface area contributed by atoms with Crippen LogP contribution < -0.4 is 0 Å². The Morgan fingerprint density at radius 1 is 0.917 bits per heavy atom. The molecule has 0 saturated heterocycles. The molecule has 0 spiro atoms. The van der Waals surface area contributed by atoms with Crippen LogP contribution >= 0.6 is 15.9 Å². The third-order valence-corrected chi connectivity index (χ3v) is 4.71. The Morgan fingerprint density at radius 2 is 1.58 bits per heavy atom. The van der Waals surface area contributed by atoms with Crippen LogP contribution in [0.5, 0.6) is 0 Å². The average Bonchev–Trinajstić information content (AvgIpc) is 2.12. The first-order valence-electron chi connectivity index (χ1n) is 5.11. The normalized spacial score (nSPS) is 48.5. The first kappa shape index (κ1) is 9.01. The predicted molar refractivity (Wildman–Crippen MR) is 53.4 cm³/mol. The molecule has 2 unspecified atom stereocenters. The zero-order valence-corrected chi connectivity index (χ0v) is 8.96. The van der Waals surface area contributed by atoms with E-state index < -0.39 is 0 Å². The maximum Gasteiger partial charge on any atom is 0.0571 e. The van der Waals surface area contributed by atoms with Crippen LogP contribution in [0, 0.1) is 11.8 Å². The molecular formula is C10H17BrO. The monoisotopic (exact) mass is 232 g/mol. The standard InChI is InChI=1S/C10H17BrO/c11-9-5-6-10(12)8-4-2-1-3-7(8)9/h7-10,12H,1-6H2/t7?,8?,9-,10+/m0/s1. The van der Waals surface area contributed by atoms with Gasteiger partial charge in [-0.15, -0.1) is 0 Å². The van der Waals surface area contributed by atoms with E-state index in [2.05, 4.69) is 15.9 Å². The predicted octanol–water partition coefficient (Wildman–Crippen LogP) is 2.71. The van der Waals surface area contributed by atoms with Crippen molar-refractivity contribution >= 4 is 15.9 Å². The van der Waals surface area contributed by atoms with Crippen LogP contribution in [0.4, 0.5) is 0 Å². The summed E-state index contributed by atoms with van der Waals surface area (Å²) in [5.74, 6) is 1.37. The maximum atomic E-state index is 9.80. The second-order valence-corrected chi connectivity index (χ2v) is 5.45. The van der Waals surface area contributed by atoms with Gasteiger partial charge in [0.2, 0.25) is 0 Å². The van der Waals surface area contributed by atoms with Crippen molar-refractivity contribution in [1.29, 1.82) is 0 Å². The van der Waals surface area contributed by atoms with E-state index in [1.165, 1.54) is 32.1 Å². The molecule has 1 nitrogen and oxygen atoms in total. The summed E-state index contributed by atoms with van der Waals surface area (Å²) in [4.78, 5) is 0.686. The van der Waals surface area contributed by atoms with Gasteiger partial charge in [-0.05, 0) is 37.5 Å². The number of rotatable bonds is 0. The van der Waals surface area contributed by atoms with Crippen LogP contribution in [0.2, 0.25) is 0 Å². The van der Waals surface area contributed by atoms with Crippen molar-refractivity contribution in [1.82, 2.24) is 0 Å². The highest BCUT2D eigenvalue weighted by Gasteiger charge is 2.38. The molecule has 0 radical (unpaired) electrons. The Kier molecular flexibility index (Phi) is 2.75. The third kappa shape index (κ3) is 1.56. The number of hydrogen-bond donors (Lipinski definition) is 1. The van der Waals surface area contributed by atoms with Crippen molar-refractivity contribution in [3.63, 3.8) is 0 Å². The maximum absolute atomic E-state index is 9.80. The molecule has 2 fully saturated rings. The molecule has 2 aliphatic rings. The van der Waals surface area contributed by atoms with Gasteiger partial charge in [0.05, 0.1) is 6.10 Å². The van der Waals surface area contributed by atoms with Crippen LogP contribution in [0.15, 0.2) is 0 Å². The van der Waals surface area contributed by atoms with Gasteiger partial charge >= 0.3 is 0 Å². The zero-order chi connectivity index (χ0) is 8.55. The number of fused-ring (bicyclic) bond motifs is 1. The second kappa shape index (κ2) is 3.67. The van der Waals surface area contributed by atoms with Crippen molar-refractivity contribution in [2.75, 3.05) is 0 Å². The highest BCUT2D eigenvalue weighted by atomic mass is 79.9. The largest absolute Gasteiger partial charge is 0.393 e. The molecule has 0 aromatic carbocycles. The van der Waals surface area contributed by atoms with Gasteiger partial charge in [0, 0.05) is 4.83 Å². The highest BCUT2D eigenvalue weighted by molar-refractivity contribution is 9.09. The lowest BCUT2D eigenvalue weighted by molar-refractivity contribution is 0.0150. The molecule has 0 aliphatic heterocycles. The first-order chi connectivity index (χ1) is 5.79. The number of aliphatic hydroxyl groups is 1. The molecule has 2 heteroatoms. The van der Waals surface area contributed by atoms with E-state index in [0.717, 1.165) is 12.3 Å². The van der Waals surface area contributed by atoms with E-state index in [9.17, 15) is 5.11 Å². The molecule has 0 amide bonds. The van der Waals surface area contributed by atoms with Gasteiger partial charge in [0.25, 0.3) is 0 Å². The molecule has 1 N–H and O–H groups in total. The Hall–Kier alpha value is 0.440. The lowest BCUT2D eigenvalue weighted by Crippen LogP contribution is -2.40. The van der Waals surface area contributed by atoms with E-state index in [1.807, 2.05) is 0 Å². The average molecular weight is 233 g/mol. The van der Waals surface area contributed by atoms with Gasteiger partial charge < -0.3 is 5.11 Å². The van der Waals surface area contributed by atoms with Crippen LogP contribution in [0.25, 0.3) is 0 Å². The Morgan fingerprint density at radius 3 is 2.25 bits per heavy atom. The molecular weight excluding hydrogens is 216 g/mol. The van der Waals surface area contributed by atoms with Crippen molar-refractivity contribution in [2.24, 2.45) is 11.8 Å². The summed E-state index contributed by atoms with van der Waals surface area (Å²) in [6, 6.07) is 0. The molecule has 70 valence electrons. The minimum absolute atomic E-state index is 0.00380. The molecule has 0 heterocycles. The Bertz CT molecular complexity index is 142. The van der Waals surface area contributed by atoms with Crippen LogP contribution in [-0.2, 0) is 0 Å². The quantitative estimate of drug-likeness (QED) is 0.638. The third-order valence-electron chi connectivity index (χ3n) is 3.57. The number of hydrogen-bond acceptors (Lipinski definition) is 1. The van der Waals surface area contributed by atoms with Crippen molar-refractivity contribution < 1.29 is 5.11 Å². The van der Waals surface area contributed by atoms with E-state index in [-0.39, 0.29) is 6.10 Å². The van der Waals surface area contributed by atoms with Gasteiger partial charge in [-0.3, -0.25) is 0 Å². The van der Waals surface area contributed by atoms with Gasteiger partial charge in [0.15, 0.2) is 0 Å². The van der Waals surface area contributed by atoms with Crippen LogP contribution in [-0.4, -0.2) is 16.0 Å². The van der Waals surface area contributed by atoms with Gasteiger partial charge in [-0.25, -0.2) is 0 Å². The van der Waals surface area contributed by atoms with Crippen LogP contribution in [0.3, 0.4) is 0 Å². The van der Waals surface area contributed by atoms with Gasteiger partial charge in [-0.1, -0.05) is 28.8 Å². The molecule has 0 bridgehead atoms.